The van der Waals surface area contributed by atoms with E-state index < -0.39 is 6.17 Å². The Bertz CT molecular complexity index is 1680. The van der Waals surface area contributed by atoms with Gasteiger partial charge in [-0.15, -0.1) is 11.3 Å². The summed E-state index contributed by atoms with van der Waals surface area (Å²) < 4.78 is 36.7. The zero-order valence-electron chi connectivity index (χ0n) is 23.7. The van der Waals surface area contributed by atoms with E-state index in [0.29, 0.717) is 54.5 Å². The lowest BCUT2D eigenvalue weighted by Gasteiger charge is -2.34. The molecule has 10 heteroatoms. The third-order valence-electron chi connectivity index (χ3n) is 9.84. The fourth-order valence-electron chi connectivity index (χ4n) is 7.94. The molecule has 4 aliphatic heterocycles. The molecule has 4 saturated heterocycles. The van der Waals surface area contributed by atoms with E-state index in [2.05, 4.69) is 15.1 Å². The van der Waals surface area contributed by atoms with Crippen molar-refractivity contribution in [2.24, 2.45) is 0 Å². The number of thiazole rings is 1. The molecule has 2 aromatic heterocycles. The molecule has 2 bridgehead atoms. The first-order chi connectivity index (χ1) is 20.4. The molecule has 4 fully saturated rings. The van der Waals surface area contributed by atoms with Gasteiger partial charge in [-0.1, -0.05) is 13.0 Å². The molecule has 2 N–H and O–H groups in total. The summed E-state index contributed by atoms with van der Waals surface area (Å²) in [5.41, 5.74) is 1.87. The molecule has 0 radical (unpaired) electrons. The Morgan fingerprint density at radius 2 is 1.98 bits per heavy atom. The number of fused-ring (bicyclic) bond motifs is 5. The molecule has 4 atom stereocenters. The van der Waals surface area contributed by atoms with E-state index in [0.717, 1.165) is 77.7 Å². The number of halogens is 2. The van der Waals surface area contributed by atoms with Gasteiger partial charge < -0.3 is 20.1 Å². The van der Waals surface area contributed by atoms with Gasteiger partial charge in [0.25, 0.3) is 0 Å². The minimum atomic E-state index is -0.810. The number of hydrogen-bond acceptors (Lipinski definition) is 8. The fraction of sp³-hybridized carbons (Fsp3) is 0.500. The van der Waals surface area contributed by atoms with E-state index in [1.54, 1.807) is 18.2 Å². The Balaban J connectivity index is 1.24. The van der Waals surface area contributed by atoms with Crippen LogP contribution in [-0.4, -0.2) is 76.6 Å². The molecular formula is C32H35F2N5O2S. The summed E-state index contributed by atoms with van der Waals surface area (Å²) in [6.45, 7) is 5.45. The normalized spacial score (nSPS) is 27.4. The second-order valence-corrected chi connectivity index (χ2v) is 13.6. The molecule has 8 rings (SSSR count). The Morgan fingerprint density at radius 3 is 2.79 bits per heavy atom. The molecule has 0 aliphatic carbocycles. The number of ether oxygens (including phenoxy) is 1. The van der Waals surface area contributed by atoms with Crippen LogP contribution in [0.1, 0.15) is 44.6 Å². The highest BCUT2D eigenvalue weighted by molar-refractivity contribution is 7.21. The zero-order chi connectivity index (χ0) is 28.6. The zero-order valence-corrected chi connectivity index (χ0v) is 24.5. The second kappa shape index (κ2) is 9.99. The maximum atomic E-state index is 14.9. The predicted molar refractivity (Wildman–Crippen MR) is 162 cm³/mol. The third-order valence-corrected chi connectivity index (χ3v) is 10.9. The Labute approximate surface area is 247 Å². The summed E-state index contributed by atoms with van der Waals surface area (Å²) in [6, 6.07) is 9.33. The minimum Gasteiger partial charge on any atom is -0.508 e. The lowest BCUT2D eigenvalue weighted by molar-refractivity contribution is 0.111. The number of aromatic hydroxyl groups is 1. The summed E-state index contributed by atoms with van der Waals surface area (Å²) in [5, 5.41) is 16.6. The van der Waals surface area contributed by atoms with Gasteiger partial charge in [0.15, 0.2) is 5.82 Å². The van der Waals surface area contributed by atoms with Crippen LogP contribution in [0.2, 0.25) is 0 Å². The van der Waals surface area contributed by atoms with Crippen LogP contribution in [0.5, 0.6) is 11.6 Å². The number of nitrogens with one attached hydrogen (secondary N) is 1. The predicted octanol–water partition coefficient (Wildman–Crippen LogP) is 5.81. The maximum Gasteiger partial charge on any atom is 0.216 e. The van der Waals surface area contributed by atoms with Gasteiger partial charge >= 0.3 is 0 Å². The SMILES string of the molecule is CCc1c(F)ccc2cc(O)cc(-c3nc4c(N5CC6CCC(C5)N6)nc(OC[C@@]56CCCN5CC(F)C6)cc4s3)c12. The first-order valence-corrected chi connectivity index (χ1v) is 16.0. The number of nitrogens with zero attached hydrogens (tertiary/aromatic N) is 4. The summed E-state index contributed by atoms with van der Waals surface area (Å²) >= 11 is 1.51. The van der Waals surface area contributed by atoms with Crippen molar-refractivity contribution in [2.45, 2.75) is 69.2 Å². The van der Waals surface area contributed by atoms with Gasteiger partial charge in [0, 0.05) is 49.8 Å². The van der Waals surface area contributed by atoms with Crippen LogP contribution < -0.4 is 15.0 Å². The quantitative estimate of drug-likeness (QED) is 0.293. The van der Waals surface area contributed by atoms with Crippen molar-refractivity contribution >= 4 is 38.1 Å². The van der Waals surface area contributed by atoms with Crippen molar-refractivity contribution in [1.82, 2.24) is 20.2 Å². The minimum absolute atomic E-state index is 0.120. The standard InChI is InChI=1S/C32H35F2N5O2S/c1-2-23-25(34)7-4-18-10-22(40)11-24(28(18)23)31-37-29-26(42-31)12-27(36-30(29)38-15-20-5-6-21(16-38)35-20)41-17-32-8-3-9-39(32)14-19(33)13-32/h4,7,10-12,19-21,35,40H,2-3,5-6,8-9,13-17H2,1H3/t19?,20?,21?,32-/m0/s1. The number of phenolic OH excluding ortho intramolecular Hbond substituents is 1. The molecule has 0 saturated carbocycles. The van der Waals surface area contributed by atoms with Crippen LogP contribution in [0.3, 0.4) is 0 Å². The molecule has 220 valence electrons. The number of aromatic nitrogens is 2. The van der Waals surface area contributed by atoms with Crippen LogP contribution in [-0.2, 0) is 6.42 Å². The van der Waals surface area contributed by atoms with E-state index in [-0.39, 0.29) is 17.1 Å². The molecule has 4 aromatic rings. The Kier molecular flexibility index (Phi) is 6.31. The summed E-state index contributed by atoms with van der Waals surface area (Å²) in [4.78, 5) is 14.7. The smallest absolute Gasteiger partial charge is 0.216 e. The van der Waals surface area contributed by atoms with Crippen molar-refractivity contribution < 1.29 is 18.6 Å². The highest BCUT2D eigenvalue weighted by Crippen LogP contribution is 2.44. The molecule has 7 nitrogen and oxygen atoms in total. The molecular weight excluding hydrogens is 556 g/mol. The summed E-state index contributed by atoms with van der Waals surface area (Å²) in [5.74, 6) is 1.19. The molecule has 6 heterocycles. The van der Waals surface area contributed by atoms with Gasteiger partial charge in [0.1, 0.15) is 34.9 Å². The van der Waals surface area contributed by atoms with Crippen LogP contribution in [0.15, 0.2) is 30.3 Å². The van der Waals surface area contributed by atoms with Crippen molar-refractivity contribution in [3.63, 3.8) is 0 Å². The van der Waals surface area contributed by atoms with Gasteiger partial charge in [0.05, 0.1) is 10.2 Å². The van der Waals surface area contributed by atoms with Crippen LogP contribution in [0, 0.1) is 5.82 Å². The van der Waals surface area contributed by atoms with Gasteiger partial charge in [-0.25, -0.2) is 13.8 Å². The summed E-state index contributed by atoms with van der Waals surface area (Å²) in [7, 11) is 0. The average molecular weight is 592 g/mol. The van der Waals surface area contributed by atoms with Crippen molar-refractivity contribution in [3.05, 3.63) is 41.7 Å². The molecule has 4 aliphatic rings. The van der Waals surface area contributed by atoms with E-state index in [1.165, 1.54) is 17.4 Å². The number of benzene rings is 2. The number of piperazine rings is 1. The maximum absolute atomic E-state index is 14.9. The van der Waals surface area contributed by atoms with E-state index in [4.69, 9.17) is 14.7 Å². The van der Waals surface area contributed by atoms with Crippen molar-refractivity contribution in [3.8, 4) is 22.2 Å². The Morgan fingerprint density at radius 1 is 1.14 bits per heavy atom. The molecule has 0 amide bonds. The third kappa shape index (κ3) is 4.33. The molecule has 2 aromatic carbocycles. The highest BCUT2D eigenvalue weighted by Gasteiger charge is 2.49. The van der Waals surface area contributed by atoms with Gasteiger partial charge in [-0.2, -0.15) is 4.98 Å². The summed E-state index contributed by atoms with van der Waals surface area (Å²) in [6.07, 6.45) is 4.52. The van der Waals surface area contributed by atoms with E-state index >= 15 is 0 Å². The Hall–Kier alpha value is -3.08. The van der Waals surface area contributed by atoms with Gasteiger partial charge in [0.2, 0.25) is 5.88 Å². The topological polar surface area (TPSA) is 73.8 Å². The van der Waals surface area contributed by atoms with Crippen LogP contribution >= 0.6 is 11.3 Å². The van der Waals surface area contributed by atoms with E-state index in [9.17, 15) is 13.9 Å². The lowest BCUT2D eigenvalue weighted by atomic mass is 9.95. The second-order valence-electron chi connectivity index (χ2n) is 12.5. The molecule has 0 spiro atoms. The average Bonchev–Trinajstić information content (AvgIpc) is 3.73. The first kappa shape index (κ1) is 26.5. The lowest BCUT2D eigenvalue weighted by Crippen LogP contribution is -2.51. The molecule has 3 unspecified atom stereocenters. The number of alkyl halides is 1. The number of aryl methyl sites for hydroxylation is 1. The van der Waals surface area contributed by atoms with Crippen LogP contribution in [0.4, 0.5) is 14.6 Å². The highest BCUT2D eigenvalue weighted by atomic mass is 32.1. The number of rotatable bonds is 6. The van der Waals surface area contributed by atoms with Gasteiger partial charge in [-0.05, 0) is 73.2 Å². The van der Waals surface area contributed by atoms with E-state index in [1.807, 2.05) is 13.0 Å². The number of pyridine rings is 1. The first-order valence-electron chi connectivity index (χ1n) is 15.2. The van der Waals surface area contributed by atoms with Crippen LogP contribution in [0.25, 0.3) is 31.6 Å². The fourth-order valence-corrected chi connectivity index (χ4v) is 8.95. The van der Waals surface area contributed by atoms with Crippen molar-refractivity contribution in [1.29, 1.82) is 0 Å². The van der Waals surface area contributed by atoms with Gasteiger partial charge in [-0.3, -0.25) is 4.90 Å². The number of phenols is 1. The monoisotopic (exact) mass is 591 g/mol. The largest absolute Gasteiger partial charge is 0.508 e. The number of anilines is 1. The number of hydrogen-bond donors (Lipinski definition) is 2. The molecule has 42 heavy (non-hydrogen) atoms. The van der Waals surface area contributed by atoms with Crippen molar-refractivity contribution in [2.75, 3.05) is 37.7 Å².